The summed E-state index contributed by atoms with van der Waals surface area (Å²) in [7, 11) is 0. The lowest BCUT2D eigenvalue weighted by atomic mass is 10.1. The van der Waals surface area contributed by atoms with Crippen molar-refractivity contribution in [1.82, 2.24) is 0 Å². The van der Waals surface area contributed by atoms with E-state index in [1.54, 1.807) is 6.07 Å². The smallest absolute Gasteiger partial charge is 0.292 e. The normalized spacial score (nSPS) is 10.3. The van der Waals surface area contributed by atoms with Crippen molar-refractivity contribution in [3.8, 4) is 0 Å². The third-order valence-corrected chi connectivity index (χ3v) is 3.25. The van der Waals surface area contributed by atoms with Gasteiger partial charge in [0.05, 0.1) is 4.92 Å². The first kappa shape index (κ1) is 14.1. The van der Waals surface area contributed by atoms with Gasteiger partial charge in [0.1, 0.15) is 5.69 Å². The molecule has 2 aromatic rings. The van der Waals surface area contributed by atoms with E-state index in [4.69, 9.17) is 0 Å². The summed E-state index contributed by atoms with van der Waals surface area (Å²) in [5.41, 5.74) is 4.82. The minimum Gasteiger partial charge on any atom is -0.375 e. The lowest BCUT2D eigenvalue weighted by molar-refractivity contribution is -0.384. The summed E-state index contributed by atoms with van der Waals surface area (Å²) in [6.45, 7) is 6.36. The molecule has 0 unspecified atom stereocenters. The molecule has 0 heterocycles. The molecular formula is C16H18N2O2. The Labute approximate surface area is 118 Å². The van der Waals surface area contributed by atoms with Gasteiger partial charge in [0, 0.05) is 12.6 Å². The molecule has 1 N–H and O–H groups in total. The molecule has 2 rings (SSSR count). The van der Waals surface area contributed by atoms with Crippen LogP contribution in [0.25, 0.3) is 0 Å². The molecule has 0 fully saturated rings. The maximum absolute atomic E-state index is 11.1. The summed E-state index contributed by atoms with van der Waals surface area (Å²) in [6, 6.07) is 11.7. The molecule has 2 aromatic carbocycles. The van der Waals surface area contributed by atoms with Gasteiger partial charge in [-0.25, -0.2) is 0 Å². The molecule has 0 saturated heterocycles. The highest BCUT2D eigenvalue weighted by molar-refractivity contribution is 5.67. The van der Waals surface area contributed by atoms with Crippen molar-refractivity contribution in [2.45, 2.75) is 27.3 Å². The molecule has 0 aliphatic rings. The monoisotopic (exact) mass is 270 g/mol. The first-order valence-corrected chi connectivity index (χ1v) is 6.52. The fourth-order valence-electron chi connectivity index (χ4n) is 2.22. The van der Waals surface area contributed by atoms with Gasteiger partial charge in [-0.2, -0.15) is 0 Å². The number of anilines is 1. The van der Waals surface area contributed by atoms with Gasteiger partial charge in [-0.1, -0.05) is 35.9 Å². The molecule has 0 amide bonds. The van der Waals surface area contributed by atoms with Crippen molar-refractivity contribution in [3.05, 3.63) is 68.8 Å². The number of benzene rings is 2. The van der Waals surface area contributed by atoms with Crippen molar-refractivity contribution in [3.63, 3.8) is 0 Å². The standard InChI is InChI=1S/C16H18N2O2/c1-11-4-6-14(7-5-11)10-17-16-13(3)8-12(2)9-15(16)18(19)20/h4-9,17H,10H2,1-3H3. The lowest BCUT2D eigenvalue weighted by Gasteiger charge is -2.11. The number of nitrogens with zero attached hydrogens (tertiary/aromatic N) is 1. The van der Waals surface area contributed by atoms with Crippen LogP contribution in [0, 0.1) is 30.9 Å². The number of hydrogen-bond acceptors (Lipinski definition) is 3. The predicted molar refractivity (Wildman–Crippen MR) is 81.1 cm³/mol. The predicted octanol–water partition coefficient (Wildman–Crippen LogP) is 4.13. The van der Waals surface area contributed by atoms with Gasteiger partial charge in [-0.05, 0) is 37.5 Å². The zero-order chi connectivity index (χ0) is 14.7. The molecule has 20 heavy (non-hydrogen) atoms. The summed E-state index contributed by atoms with van der Waals surface area (Å²) < 4.78 is 0. The van der Waals surface area contributed by atoms with Crippen LogP contribution in [0.3, 0.4) is 0 Å². The van der Waals surface area contributed by atoms with Crippen LogP contribution in [0.5, 0.6) is 0 Å². The molecule has 0 aromatic heterocycles. The van der Waals surface area contributed by atoms with Gasteiger partial charge in [0.15, 0.2) is 0 Å². The van der Waals surface area contributed by atoms with Crippen molar-refractivity contribution >= 4 is 11.4 Å². The highest BCUT2D eigenvalue weighted by atomic mass is 16.6. The Morgan fingerprint density at radius 3 is 2.30 bits per heavy atom. The fraction of sp³-hybridized carbons (Fsp3) is 0.250. The first-order chi connectivity index (χ1) is 9.47. The summed E-state index contributed by atoms with van der Waals surface area (Å²) in [4.78, 5) is 10.8. The van der Waals surface area contributed by atoms with E-state index in [2.05, 4.69) is 5.32 Å². The Morgan fingerprint density at radius 1 is 1.05 bits per heavy atom. The van der Waals surface area contributed by atoms with Gasteiger partial charge in [0.25, 0.3) is 5.69 Å². The second-order valence-corrected chi connectivity index (χ2v) is 5.07. The highest BCUT2D eigenvalue weighted by Crippen LogP contribution is 2.29. The number of nitro benzene ring substituents is 1. The van der Waals surface area contributed by atoms with Gasteiger partial charge in [-0.15, -0.1) is 0 Å². The van der Waals surface area contributed by atoms with E-state index in [0.29, 0.717) is 12.2 Å². The Morgan fingerprint density at radius 2 is 1.70 bits per heavy atom. The van der Waals surface area contributed by atoms with E-state index >= 15 is 0 Å². The molecule has 0 aliphatic heterocycles. The molecule has 104 valence electrons. The molecule has 0 bridgehead atoms. The Bertz CT molecular complexity index is 634. The van der Waals surface area contributed by atoms with E-state index in [1.165, 1.54) is 5.56 Å². The van der Waals surface area contributed by atoms with Crippen LogP contribution in [-0.2, 0) is 6.54 Å². The zero-order valence-corrected chi connectivity index (χ0v) is 11.9. The zero-order valence-electron chi connectivity index (χ0n) is 11.9. The van der Waals surface area contributed by atoms with E-state index < -0.39 is 0 Å². The molecular weight excluding hydrogens is 252 g/mol. The quantitative estimate of drug-likeness (QED) is 0.671. The lowest BCUT2D eigenvalue weighted by Crippen LogP contribution is -2.05. The number of hydrogen-bond donors (Lipinski definition) is 1. The van der Waals surface area contributed by atoms with Gasteiger partial charge >= 0.3 is 0 Å². The van der Waals surface area contributed by atoms with Crippen LogP contribution in [0.15, 0.2) is 36.4 Å². The summed E-state index contributed by atoms with van der Waals surface area (Å²) in [6.07, 6.45) is 0. The van der Waals surface area contributed by atoms with Gasteiger partial charge < -0.3 is 5.32 Å². The third-order valence-electron chi connectivity index (χ3n) is 3.25. The topological polar surface area (TPSA) is 55.2 Å². The first-order valence-electron chi connectivity index (χ1n) is 6.52. The molecule has 0 spiro atoms. The molecule has 0 radical (unpaired) electrons. The maximum Gasteiger partial charge on any atom is 0.292 e. The minimum absolute atomic E-state index is 0.134. The van der Waals surface area contributed by atoms with Crippen LogP contribution in [-0.4, -0.2) is 4.92 Å². The van der Waals surface area contributed by atoms with Crippen LogP contribution in [0.1, 0.15) is 22.3 Å². The number of nitro groups is 1. The van der Waals surface area contributed by atoms with Gasteiger partial charge in [-0.3, -0.25) is 10.1 Å². The highest BCUT2D eigenvalue weighted by Gasteiger charge is 2.16. The summed E-state index contributed by atoms with van der Waals surface area (Å²) >= 11 is 0. The average Bonchev–Trinajstić information content (AvgIpc) is 2.38. The third kappa shape index (κ3) is 3.15. The van der Waals surface area contributed by atoms with Crippen molar-refractivity contribution in [1.29, 1.82) is 0 Å². The van der Waals surface area contributed by atoms with E-state index in [9.17, 15) is 10.1 Å². The number of rotatable bonds is 4. The molecule has 0 saturated carbocycles. The second kappa shape index (κ2) is 5.74. The maximum atomic E-state index is 11.1. The fourth-order valence-corrected chi connectivity index (χ4v) is 2.22. The molecule has 4 heteroatoms. The Balaban J connectivity index is 2.24. The molecule has 4 nitrogen and oxygen atoms in total. The number of aryl methyl sites for hydroxylation is 3. The van der Waals surface area contributed by atoms with Crippen LogP contribution in [0.4, 0.5) is 11.4 Å². The van der Waals surface area contributed by atoms with Crippen LogP contribution < -0.4 is 5.32 Å². The SMILES string of the molecule is Cc1ccc(CNc2c(C)cc(C)cc2[N+](=O)[O-])cc1. The van der Waals surface area contributed by atoms with Crippen LogP contribution >= 0.6 is 0 Å². The van der Waals surface area contributed by atoms with E-state index in [-0.39, 0.29) is 10.6 Å². The van der Waals surface area contributed by atoms with Gasteiger partial charge in [0.2, 0.25) is 0 Å². The average molecular weight is 270 g/mol. The Kier molecular flexibility index (Phi) is 4.03. The van der Waals surface area contributed by atoms with E-state index in [0.717, 1.165) is 16.7 Å². The largest absolute Gasteiger partial charge is 0.375 e. The minimum atomic E-state index is -0.336. The Hall–Kier alpha value is -2.36. The number of nitrogens with one attached hydrogen (secondary N) is 1. The van der Waals surface area contributed by atoms with Crippen LogP contribution in [0.2, 0.25) is 0 Å². The molecule has 0 aliphatic carbocycles. The van der Waals surface area contributed by atoms with Crippen molar-refractivity contribution < 1.29 is 4.92 Å². The second-order valence-electron chi connectivity index (χ2n) is 5.07. The molecule has 0 atom stereocenters. The summed E-state index contributed by atoms with van der Waals surface area (Å²) in [5, 5.41) is 14.3. The van der Waals surface area contributed by atoms with E-state index in [1.807, 2.05) is 51.1 Å². The van der Waals surface area contributed by atoms with Crippen molar-refractivity contribution in [2.24, 2.45) is 0 Å². The summed E-state index contributed by atoms with van der Waals surface area (Å²) in [5.74, 6) is 0. The van der Waals surface area contributed by atoms with Crippen molar-refractivity contribution in [2.75, 3.05) is 5.32 Å².